The minimum atomic E-state index is -1.06. The molecule has 0 saturated carbocycles. The number of hydrogen-bond donors (Lipinski definition) is 1. The van der Waals surface area contributed by atoms with Crippen molar-refractivity contribution in [2.75, 3.05) is 6.54 Å². The van der Waals surface area contributed by atoms with Crippen molar-refractivity contribution < 1.29 is 14.4 Å². The summed E-state index contributed by atoms with van der Waals surface area (Å²) >= 11 is 0. The van der Waals surface area contributed by atoms with Gasteiger partial charge in [-0.2, -0.15) is 0 Å². The number of rotatable bonds is 4. The van der Waals surface area contributed by atoms with Crippen molar-refractivity contribution in [2.45, 2.75) is 32.2 Å². The molecular formula is C24H22N4O3. The molecule has 3 amide bonds. The van der Waals surface area contributed by atoms with Crippen molar-refractivity contribution >= 4 is 17.7 Å². The van der Waals surface area contributed by atoms with Crippen LogP contribution in [0.3, 0.4) is 0 Å². The summed E-state index contributed by atoms with van der Waals surface area (Å²) in [6, 6.07) is 14.5. The largest absolute Gasteiger partial charge is 0.325 e. The molecule has 1 aliphatic carbocycles. The van der Waals surface area contributed by atoms with Crippen LogP contribution in [-0.2, 0) is 16.8 Å². The smallest absolute Gasteiger partial charge is 0.319 e. The van der Waals surface area contributed by atoms with Crippen LogP contribution in [-0.4, -0.2) is 38.7 Å². The molecule has 3 heterocycles. The van der Waals surface area contributed by atoms with E-state index in [1.54, 1.807) is 12.3 Å². The first kappa shape index (κ1) is 19.2. The van der Waals surface area contributed by atoms with Crippen molar-refractivity contribution in [3.8, 4) is 5.82 Å². The van der Waals surface area contributed by atoms with Crippen molar-refractivity contribution in [3.05, 3.63) is 82.8 Å². The minimum Gasteiger partial charge on any atom is -0.319 e. The highest BCUT2D eigenvalue weighted by Gasteiger charge is 2.55. The number of fused-ring (bicyclic) bond motifs is 2. The molecule has 1 spiro atoms. The fourth-order valence-corrected chi connectivity index (χ4v) is 4.85. The van der Waals surface area contributed by atoms with Crippen molar-refractivity contribution in [3.63, 3.8) is 0 Å². The molecule has 0 unspecified atom stereocenters. The number of carbonyl (C=O) groups is 3. The summed E-state index contributed by atoms with van der Waals surface area (Å²) in [6.45, 7) is 3.45. The normalized spacial score (nSPS) is 19.7. The van der Waals surface area contributed by atoms with Crippen LogP contribution in [0.1, 0.15) is 39.3 Å². The first-order valence-corrected chi connectivity index (χ1v) is 10.3. The van der Waals surface area contributed by atoms with Gasteiger partial charge in [-0.3, -0.25) is 14.5 Å². The number of carbonyl (C=O) groups excluding carboxylic acids is 3. The van der Waals surface area contributed by atoms with Gasteiger partial charge in [0.25, 0.3) is 5.91 Å². The molecule has 2 aromatic heterocycles. The summed E-state index contributed by atoms with van der Waals surface area (Å²) in [5.41, 5.74) is 2.90. The van der Waals surface area contributed by atoms with Crippen LogP contribution >= 0.6 is 0 Å². The number of ketones is 1. The highest BCUT2D eigenvalue weighted by Crippen LogP contribution is 2.41. The molecule has 2 aliphatic rings. The SMILES string of the molecule is Cc1cc(C(=O)CN2C(=O)N[C@@]3(CCc4ccccc43)C2=O)c(C)n1-c1ccccn1. The molecule has 1 fully saturated rings. The zero-order valence-corrected chi connectivity index (χ0v) is 17.4. The van der Waals surface area contributed by atoms with Crippen molar-refractivity contribution in [1.29, 1.82) is 0 Å². The zero-order valence-electron chi connectivity index (χ0n) is 17.4. The Morgan fingerprint density at radius 2 is 1.90 bits per heavy atom. The van der Waals surface area contributed by atoms with Crippen LogP contribution in [0.15, 0.2) is 54.7 Å². The van der Waals surface area contributed by atoms with Gasteiger partial charge in [0.2, 0.25) is 0 Å². The van der Waals surface area contributed by atoms with Gasteiger partial charge >= 0.3 is 6.03 Å². The van der Waals surface area contributed by atoms with E-state index >= 15 is 0 Å². The quantitative estimate of drug-likeness (QED) is 0.525. The Balaban J connectivity index is 1.43. The maximum absolute atomic E-state index is 13.3. The third kappa shape index (κ3) is 2.80. The number of benzene rings is 1. The van der Waals surface area contributed by atoms with Gasteiger partial charge in [0.05, 0.1) is 6.54 Å². The van der Waals surface area contributed by atoms with Gasteiger partial charge in [0, 0.05) is 23.1 Å². The lowest BCUT2D eigenvalue weighted by molar-refractivity contribution is -0.131. The van der Waals surface area contributed by atoms with Gasteiger partial charge in [0.1, 0.15) is 11.4 Å². The molecule has 5 rings (SSSR count). The minimum absolute atomic E-state index is 0.276. The second-order valence-electron chi connectivity index (χ2n) is 8.12. The average Bonchev–Trinajstić information content (AvgIpc) is 3.37. The van der Waals surface area contributed by atoms with Gasteiger partial charge in [-0.25, -0.2) is 9.78 Å². The second-order valence-corrected chi connectivity index (χ2v) is 8.12. The molecule has 0 radical (unpaired) electrons. The highest BCUT2D eigenvalue weighted by atomic mass is 16.2. The van der Waals surface area contributed by atoms with E-state index in [4.69, 9.17) is 0 Å². The van der Waals surface area contributed by atoms with Gasteiger partial charge < -0.3 is 9.88 Å². The molecule has 0 bridgehead atoms. The topological polar surface area (TPSA) is 84.3 Å². The molecule has 156 valence electrons. The van der Waals surface area contributed by atoms with E-state index in [-0.39, 0.29) is 18.2 Å². The lowest BCUT2D eigenvalue weighted by Crippen LogP contribution is -2.42. The van der Waals surface area contributed by atoms with E-state index in [1.807, 2.05) is 60.9 Å². The molecule has 1 saturated heterocycles. The van der Waals surface area contributed by atoms with E-state index < -0.39 is 11.6 Å². The average molecular weight is 414 g/mol. The number of hydrogen-bond acceptors (Lipinski definition) is 4. The summed E-state index contributed by atoms with van der Waals surface area (Å²) in [6.07, 6.45) is 2.92. The Labute approximate surface area is 179 Å². The number of nitrogens with one attached hydrogen (secondary N) is 1. The third-order valence-corrected chi connectivity index (χ3v) is 6.33. The van der Waals surface area contributed by atoms with Crippen molar-refractivity contribution in [1.82, 2.24) is 19.8 Å². The van der Waals surface area contributed by atoms with Crippen LogP contribution < -0.4 is 5.32 Å². The molecule has 1 aliphatic heterocycles. The van der Waals surface area contributed by atoms with Crippen LogP contribution in [0.25, 0.3) is 5.82 Å². The lowest BCUT2D eigenvalue weighted by atomic mass is 9.92. The Hall–Kier alpha value is -3.74. The van der Waals surface area contributed by atoms with Gasteiger partial charge in [-0.05, 0) is 56.0 Å². The fourth-order valence-electron chi connectivity index (χ4n) is 4.85. The molecule has 31 heavy (non-hydrogen) atoms. The van der Waals surface area contributed by atoms with Gasteiger partial charge in [-0.15, -0.1) is 0 Å². The number of urea groups is 1. The maximum atomic E-state index is 13.3. The summed E-state index contributed by atoms with van der Waals surface area (Å²) in [4.78, 5) is 44.6. The molecule has 1 atom stereocenters. The highest BCUT2D eigenvalue weighted by molar-refractivity contribution is 6.12. The number of Topliss-reactive ketones (excluding diaryl/α,β-unsaturated/α-hetero) is 1. The van der Waals surface area contributed by atoms with Gasteiger partial charge in [-0.1, -0.05) is 30.3 Å². The molecule has 1 aromatic carbocycles. The molecule has 3 aromatic rings. The summed E-state index contributed by atoms with van der Waals surface area (Å²) in [5.74, 6) is 0.0875. The number of aromatic nitrogens is 2. The van der Waals surface area contributed by atoms with Gasteiger partial charge in [0.15, 0.2) is 5.78 Å². The molecular weight excluding hydrogens is 392 g/mol. The van der Waals surface area contributed by atoms with Crippen molar-refractivity contribution in [2.24, 2.45) is 0 Å². The monoisotopic (exact) mass is 414 g/mol. The first-order chi connectivity index (χ1) is 14.9. The van der Waals surface area contributed by atoms with Crippen LogP contribution in [0.5, 0.6) is 0 Å². The van der Waals surface area contributed by atoms with Crippen LogP contribution in [0, 0.1) is 13.8 Å². The van der Waals surface area contributed by atoms with Crippen LogP contribution in [0.2, 0.25) is 0 Å². The third-order valence-electron chi connectivity index (χ3n) is 6.33. The first-order valence-electron chi connectivity index (χ1n) is 10.3. The zero-order chi connectivity index (χ0) is 21.8. The predicted octanol–water partition coefficient (Wildman–Crippen LogP) is 3.07. The number of nitrogens with zero attached hydrogens (tertiary/aromatic N) is 3. The standard InChI is InChI=1S/C24H22N4O3/c1-15-13-18(16(2)28(15)21-9-5-6-12-25-21)20(29)14-27-22(30)24(26-23(27)31)11-10-17-7-3-4-8-19(17)24/h3-9,12-13H,10-11,14H2,1-2H3,(H,26,31)/t24-/m1/s1. The molecule has 1 N–H and O–H groups in total. The Kier molecular flexibility index (Phi) is 4.28. The second kappa shape index (κ2) is 6.91. The maximum Gasteiger partial charge on any atom is 0.325 e. The predicted molar refractivity (Wildman–Crippen MR) is 114 cm³/mol. The number of amides is 3. The summed E-state index contributed by atoms with van der Waals surface area (Å²) in [5, 5.41) is 2.87. The van der Waals surface area contributed by atoms with E-state index in [0.29, 0.717) is 17.8 Å². The summed E-state index contributed by atoms with van der Waals surface area (Å²) in [7, 11) is 0. The molecule has 7 nitrogen and oxygen atoms in total. The number of imide groups is 1. The van der Waals surface area contributed by atoms with E-state index in [1.165, 1.54) is 0 Å². The van der Waals surface area contributed by atoms with E-state index in [9.17, 15) is 14.4 Å². The number of pyridine rings is 1. The Bertz CT molecular complexity index is 1230. The van der Waals surface area contributed by atoms with Crippen LogP contribution in [0.4, 0.5) is 4.79 Å². The number of aryl methyl sites for hydroxylation is 2. The Morgan fingerprint density at radius 1 is 1.13 bits per heavy atom. The fraction of sp³-hybridized carbons (Fsp3) is 0.250. The summed E-state index contributed by atoms with van der Waals surface area (Å²) < 4.78 is 1.90. The van der Waals surface area contributed by atoms with E-state index in [0.717, 1.165) is 33.8 Å². The molecule has 7 heteroatoms. The van der Waals surface area contributed by atoms with E-state index in [2.05, 4.69) is 10.3 Å². The Morgan fingerprint density at radius 3 is 2.68 bits per heavy atom. The lowest BCUT2D eigenvalue weighted by Gasteiger charge is -2.22.